The second-order valence-corrected chi connectivity index (χ2v) is 8.71. The molecule has 2 atom stereocenters. The first-order chi connectivity index (χ1) is 13.0. The minimum atomic E-state index is -0.199. The van der Waals surface area contributed by atoms with E-state index in [1.165, 1.54) is 11.8 Å². The highest BCUT2D eigenvalue weighted by Crippen LogP contribution is 2.21. The molecule has 1 aromatic rings. The molecule has 2 heterocycles. The summed E-state index contributed by atoms with van der Waals surface area (Å²) in [5, 5.41) is 6.06. The summed E-state index contributed by atoms with van der Waals surface area (Å²) in [6.07, 6.45) is 1.05. The molecule has 148 valence electrons. The number of amides is 2. The second-order valence-electron chi connectivity index (χ2n) is 7.38. The predicted octanol–water partition coefficient (Wildman–Crippen LogP) is 1.56. The highest BCUT2D eigenvalue weighted by Gasteiger charge is 2.32. The van der Waals surface area contributed by atoms with E-state index in [4.69, 9.17) is 0 Å². The third-order valence-electron chi connectivity index (χ3n) is 5.29. The van der Waals surface area contributed by atoms with E-state index in [9.17, 15) is 9.59 Å². The molecule has 7 heteroatoms. The highest BCUT2D eigenvalue weighted by molar-refractivity contribution is 8.01. The Bertz CT molecular complexity index is 646. The first kappa shape index (κ1) is 20.2. The van der Waals surface area contributed by atoms with Crippen LogP contribution in [-0.4, -0.2) is 77.9 Å². The lowest BCUT2D eigenvalue weighted by Gasteiger charge is -2.32. The third kappa shape index (κ3) is 5.70. The number of anilines is 1. The topological polar surface area (TPSA) is 64.7 Å². The van der Waals surface area contributed by atoms with Crippen LogP contribution in [0.15, 0.2) is 24.3 Å². The largest absolute Gasteiger partial charge is 0.340 e. The van der Waals surface area contributed by atoms with Crippen molar-refractivity contribution in [1.82, 2.24) is 15.1 Å². The molecule has 1 aromatic carbocycles. The Balaban J connectivity index is 1.41. The first-order valence-electron chi connectivity index (χ1n) is 9.74. The molecule has 0 aliphatic carbocycles. The van der Waals surface area contributed by atoms with Crippen molar-refractivity contribution < 1.29 is 9.59 Å². The Hall–Kier alpha value is -1.57. The lowest BCUT2D eigenvalue weighted by Crippen LogP contribution is -2.49. The van der Waals surface area contributed by atoms with Gasteiger partial charge in [-0.3, -0.25) is 14.5 Å². The van der Waals surface area contributed by atoms with E-state index in [1.54, 1.807) is 0 Å². The fraction of sp³-hybridized carbons (Fsp3) is 0.600. The van der Waals surface area contributed by atoms with E-state index < -0.39 is 0 Å². The second kappa shape index (κ2) is 9.57. The summed E-state index contributed by atoms with van der Waals surface area (Å²) in [7, 11) is 0. The normalized spacial score (nSPS) is 21.9. The summed E-state index contributed by atoms with van der Waals surface area (Å²) in [4.78, 5) is 29.3. The summed E-state index contributed by atoms with van der Waals surface area (Å²) in [5.74, 6) is 0.375. The SMILES string of the molecule is Cc1ccc(NC(=O)CSC(C)C(=O)N2CCC(N3CCNCC3)C2)cc1. The van der Waals surface area contributed by atoms with Gasteiger partial charge in [0, 0.05) is 51.0 Å². The van der Waals surface area contributed by atoms with Crippen LogP contribution in [0.3, 0.4) is 0 Å². The summed E-state index contributed by atoms with van der Waals surface area (Å²) in [6.45, 7) is 9.77. The van der Waals surface area contributed by atoms with Crippen LogP contribution in [0.5, 0.6) is 0 Å². The van der Waals surface area contributed by atoms with Crippen molar-refractivity contribution in [2.45, 2.75) is 31.6 Å². The maximum Gasteiger partial charge on any atom is 0.235 e. The molecule has 2 fully saturated rings. The van der Waals surface area contributed by atoms with Crippen LogP contribution in [0, 0.1) is 6.92 Å². The molecule has 0 aromatic heterocycles. The van der Waals surface area contributed by atoms with E-state index in [1.807, 2.05) is 43.0 Å². The molecule has 2 aliphatic rings. The van der Waals surface area contributed by atoms with Gasteiger partial charge in [-0.05, 0) is 32.4 Å². The molecular formula is C20H30N4O2S. The molecule has 2 unspecified atom stereocenters. The Labute approximate surface area is 166 Å². The third-order valence-corrected chi connectivity index (χ3v) is 6.42. The molecule has 6 nitrogen and oxygen atoms in total. The molecule has 0 bridgehead atoms. The maximum absolute atomic E-state index is 12.7. The summed E-state index contributed by atoms with van der Waals surface area (Å²) < 4.78 is 0. The van der Waals surface area contributed by atoms with Gasteiger partial charge in [0.25, 0.3) is 0 Å². The van der Waals surface area contributed by atoms with Gasteiger partial charge in [-0.2, -0.15) is 0 Å². The van der Waals surface area contributed by atoms with Crippen LogP contribution in [0.25, 0.3) is 0 Å². The number of piperazine rings is 1. The van der Waals surface area contributed by atoms with Crippen molar-refractivity contribution in [3.8, 4) is 0 Å². The van der Waals surface area contributed by atoms with Crippen molar-refractivity contribution in [1.29, 1.82) is 0 Å². The number of nitrogens with one attached hydrogen (secondary N) is 2. The molecular weight excluding hydrogens is 360 g/mol. The van der Waals surface area contributed by atoms with Crippen LogP contribution in [0.4, 0.5) is 5.69 Å². The lowest BCUT2D eigenvalue weighted by molar-refractivity contribution is -0.129. The fourth-order valence-corrected chi connectivity index (χ4v) is 4.42. The van der Waals surface area contributed by atoms with Crippen molar-refractivity contribution >= 4 is 29.3 Å². The maximum atomic E-state index is 12.7. The molecule has 2 aliphatic heterocycles. The first-order valence-corrected chi connectivity index (χ1v) is 10.8. The Morgan fingerprint density at radius 3 is 2.63 bits per heavy atom. The molecule has 0 saturated carbocycles. The van der Waals surface area contributed by atoms with Crippen LogP contribution < -0.4 is 10.6 Å². The van der Waals surface area contributed by atoms with E-state index >= 15 is 0 Å². The van der Waals surface area contributed by atoms with Gasteiger partial charge in [-0.25, -0.2) is 0 Å². The number of hydrogen-bond acceptors (Lipinski definition) is 5. The van der Waals surface area contributed by atoms with Gasteiger partial charge in [0.1, 0.15) is 0 Å². The Morgan fingerprint density at radius 2 is 1.93 bits per heavy atom. The van der Waals surface area contributed by atoms with E-state index in [-0.39, 0.29) is 22.8 Å². The molecule has 2 N–H and O–H groups in total. The number of thioether (sulfide) groups is 1. The Kier molecular flexibility index (Phi) is 7.15. The number of rotatable bonds is 6. The van der Waals surface area contributed by atoms with Crippen LogP contribution >= 0.6 is 11.8 Å². The molecule has 2 amide bonds. The average molecular weight is 391 g/mol. The van der Waals surface area contributed by atoms with E-state index in [2.05, 4.69) is 15.5 Å². The van der Waals surface area contributed by atoms with Gasteiger partial charge in [-0.15, -0.1) is 11.8 Å². The van der Waals surface area contributed by atoms with Crippen molar-refractivity contribution in [2.24, 2.45) is 0 Å². The predicted molar refractivity (Wildman–Crippen MR) is 111 cm³/mol. The average Bonchev–Trinajstić information content (AvgIpc) is 3.18. The fourth-order valence-electron chi connectivity index (χ4n) is 3.65. The number of carbonyl (C=O) groups is 2. The van der Waals surface area contributed by atoms with E-state index in [0.29, 0.717) is 6.04 Å². The smallest absolute Gasteiger partial charge is 0.235 e. The number of likely N-dealkylation sites (tertiary alicyclic amines) is 1. The minimum Gasteiger partial charge on any atom is -0.340 e. The van der Waals surface area contributed by atoms with Gasteiger partial charge in [0.05, 0.1) is 11.0 Å². The number of hydrogen-bond donors (Lipinski definition) is 2. The monoisotopic (exact) mass is 390 g/mol. The van der Waals surface area contributed by atoms with Crippen molar-refractivity contribution in [3.63, 3.8) is 0 Å². The molecule has 3 rings (SSSR count). The summed E-state index contributed by atoms with van der Waals surface area (Å²) in [5.41, 5.74) is 1.95. The molecule has 0 radical (unpaired) electrons. The van der Waals surface area contributed by atoms with Gasteiger partial charge < -0.3 is 15.5 Å². The number of carbonyl (C=O) groups excluding carboxylic acids is 2. The number of nitrogens with zero attached hydrogens (tertiary/aromatic N) is 2. The molecule has 2 saturated heterocycles. The zero-order chi connectivity index (χ0) is 19.2. The zero-order valence-corrected chi connectivity index (χ0v) is 17.1. The minimum absolute atomic E-state index is 0.0661. The highest BCUT2D eigenvalue weighted by atomic mass is 32.2. The van der Waals surface area contributed by atoms with Crippen molar-refractivity contribution in [2.75, 3.05) is 50.3 Å². The van der Waals surface area contributed by atoms with Crippen LogP contribution in [0.1, 0.15) is 18.9 Å². The number of benzene rings is 1. The molecule has 27 heavy (non-hydrogen) atoms. The standard InChI is InChI=1S/C20H30N4O2S/c1-15-3-5-17(6-4-15)22-19(25)14-27-16(2)20(26)24-10-7-18(13-24)23-11-8-21-9-12-23/h3-6,16,18,21H,7-14H2,1-2H3,(H,22,25). The van der Waals surface area contributed by atoms with E-state index in [0.717, 1.165) is 56.9 Å². The zero-order valence-electron chi connectivity index (χ0n) is 16.2. The van der Waals surface area contributed by atoms with Crippen molar-refractivity contribution in [3.05, 3.63) is 29.8 Å². The van der Waals surface area contributed by atoms with Gasteiger partial charge in [0.15, 0.2) is 0 Å². The van der Waals surface area contributed by atoms with Gasteiger partial charge >= 0.3 is 0 Å². The lowest BCUT2D eigenvalue weighted by atomic mass is 10.2. The van der Waals surface area contributed by atoms with Crippen LogP contribution in [0.2, 0.25) is 0 Å². The van der Waals surface area contributed by atoms with Gasteiger partial charge in [0.2, 0.25) is 11.8 Å². The van der Waals surface area contributed by atoms with Crippen LogP contribution in [-0.2, 0) is 9.59 Å². The summed E-state index contributed by atoms with van der Waals surface area (Å²) >= 11 is 1.41. The number of aryl methyl sites for hydroxylation is 1. The summed E-state index contributed by atoms with van der Waals surface area (Å²) in [6, 6.07) is 8.21. The Morgan fingerprint density at radius 1 is 1.22 bits per heavy atom. The molecule has 0 spiro atoms. The van der Waals surface area contributed by atoms with Gasteiger partial charge in [-0.1, -0.05) is 17.7 Å². The quantitative estimate of drug-likeness (QED) is 0.772.